The fourth-order valence-electron chi connectivity index (χ4n) is 4.26. The minimum atomic E-state index is -4.62. The number of hydrogen-bond acceptors (Lipinski definition) is 4. The number of carbonyl (C=O) groups is 2. The highest BCUT2D eigenvalue weighted by molar-refractivity contribution is 6.11. The number of hydrogen-bond donors (Lipinski definition) is 1. The quantitative estimate of drug-likeness (QED) is 0.581. The highest BCUT2D eigenvalue weighted by atomic mass is 19.4. The van der Waals surface area contributed by atoms with Crippen LogP contribution in [0.1, 0.15) is 36.0 Å². The molecule has 3 rings (SSSR count). The van der Waals surface area contributed by atoms with Gasteiger partial charge in [0.1, 0.15) is 5.75 Å². The van der Waals surface area contributed by atoms with Crippen LogP contribution in [0.4, 0.5) is 18.9 Å². The first-order chi connectivity index (χ1) is 14.2. The number of alkyl halides is 3. The number of ether oxygens (including phenoxy) is 2. The Kier molecular flexibility index (Phi) is 5.78. The van der Waals surface area contributed by atoms with Gasteiger partial charge in [0.15, 0.2) is 5.41 Å². The van der Waals surface area contributed by atoms with E-state index in [-0.39, 0.29) is 24.1 Å². The minimum absolute atomic E-state index is 0.0313. The van der Waals surface area contributed by atoms with Crippen LogP contribution in [-0.2, 0) is 26.9 Å². The molecule has 1 N–H and O–H groups in total. The van der Waals surface area contributed by atoms with Gasteiger partial charge in [-0.15, -0.1) is 0 Å². The summed E-state index contributed by atoms with van der Waals surface area (Å²) in [7, 11) is 2.59. The molecule has 2 aromatic rings. The summed E-state index contributed by atoms with van der Waals surface area (Å²) in [4.78, 5) is 26.3. The Morgan fingerprint density at radius 2 is 1.87 bits per heavy atom. The van der Waals surface area contributed by atoms with E-state index in [0.29, 0.717) is 11.3 Å². The Morgan fingerprint density at radius 1 is 1.17 bits per heavy atom. The highest BCUT2D eigenvalue weighted by Gasteiger charge is 2.55. The smallest absolute Gasteiger partial charge is 0.416 e. The maximum Gasteiger partial charge on any atom is 0.416 e. The zero-order valence-corrected chi connectivity index (χ0v) is 16.8. The van der Waals surface area contributed by atoms with Gasteiger partial charge in [0.05, 0.1) is 19.8 Å². The van der Waals surface area contributed by atoms with Crippen molar-refractivity contribution in [3.8, 4) is 5.75 Å². The van der Waals surface area contributed by atoms with Crippen molar-refractivity contribution in [1.29, 1.82) is 0 Å². The largest absolute Gasteiger partial charge is 0.496 e. The SMILES string of the molecule is CCC1(C(=O)OC)C(=O)Nc2cccc(C(F)(F)F)c2CC1c1ccccc1OC. The molecule has 1 amide bonds. The van der Waals surface area contributed by atoms with Crippen molar-refractivity contribution in [2.75, 3.05) is 19.5 Å². The van der Waals surface area contributed by atoms with Gasteiger partial charge in [-0.3, -0.25) is 9.59 Å². The summed E-state index contributed by atoms with van der Waals surface area (Å²) in [5, 5.41) is 2.55. The molecule has 0 saturated carbocycles. The average Bonchev–Trinajstić information content (AvgIpc) is 2.86. The van der Waals surface area contributed by atoms with Crippen molar-refractivity contribution < 1.29 is 32.2 Å². The molecule has 2 aromatic carbocycles. The summed E-state index contributed by atoms with van der Waals surface area (Å²) in [5.74, 6) is -2.06. The van der Waals surface area contributed by atoms with E-state index in [1.165, 1.54) is 19.2 Å². The molecule has 8 heteroatoms. The van der Waals surface area contributed by atoms with Crippen LogP contribution < -0.4 is 10.1 Å². The standard InChI is InChI=1S/C22H22F3NO4/c1-4-21(20(28)30-3)16(13-8-5-6-11-18(13)29-2)12-14-15(22(23,24)25)9-7-10-17(14)26-19(21)27/h5-11,16H,4,12H2,1-3H3,(H,26,27). The van der Waals surface area contributed by atoms with Crippen molar-refractivity contribution in [1.82, 2.24) is 0 Å². The molecule has 1 aliphatic heterocycles. The third-order valence-corrected chi connectivity index (χ3v) is 5.76. The number of methoxy groups -OCH3 is 2. The molecule has 0 aliphatic carbocycles. The first kappa shape index (κ1) is 21.7. The van der Waals surface area contributed by atoms with Gasteiger partial charge in [-0.25, -0.2) is 0 Å². The lowest BCUT2D eigenvalue weighted by molar-refractivity contribution is -0.159. The normalized spacial score (nSPS) is 21.3. The third kappa shape index (κ3) is 3.40. The van der Waals surface area contributed by atoms with Gasteiger partial charge in [0, 0.05) is 11.6 Å². The van der Waals surface area contributed by atoms with Gasteiger partial charge in [-0.2, -0.15) is 13.2 Å². The summed E-state index contributed by atoms with van der Waals surface area (Å²) in [5.41, 5.74) is -2.16. The number of esters is 1. The van der Waals surface area contributed by atoms with E-state index in [0.717, 1.165) is 13.2 Å². The fraction of sp³-hybridized carbons (Fsp3) is 0.364. The molecule has 0 bridgehead atoms. The second-order valence-electron chi connectivity index (χ2n) is 7.10. The number of anilines is 1. The van der Waals surface area contributed by atoms with Gasteiger partial charge in [0.25, 0.3) is 0 Å². The predicted octanol–water partition coefficient (Wildman–Crippen LogP) is 4.56. The second kappa shape index (κ2) is 8.01. The zero-order valence-electron chi connectivity index (χ0n) is 16.8. The number of carbonyl (C=O) groups excluding carboxylic acids is 2. The summed E-state index contributed by atoms with van der Waals surface area (Å²) >= 11 is 0. The van der Waals surface area contributed by atoms with Crippen molar-refractivity contribution >= 4 is 17.6 Å². The Labute approximate surface area is 172 Å². The van der Waals surface area contributed by atoms with Crippen LogP contribution in [0.3, 0.4) is 0 Å². The van der Waals surface area contributed by atoms with Crippen LogP contribution in [0.15, 0.2) is 42.5 Å². The topological polar surface area (TPSA) is 64.6 Å². The Balaban J connectivity index is 2.34. The Morgan fingerprint density at radius 3 is 2.47 bits per heavy atom. The van der Waals surface area contributed by atoms with Crippen molar-refractivity contribution in [2.24, 2.45) is 5.41 Å². The summed E-state index contributed by atoms with van der Waals surface area (Å²) in [6.07, 6.45) is -4.79. The second-order valence-corrected chi connectivity index (χ2v) is 7.10. The van der Waals surface area contributed by atoms with Crippen LogP contribution in [0.2, 0.25) is 0 Å². The fourth-order valence-corrected chi connectivity index (χ4v) is 4.26. The number of rotatable bonds is 4. The van der Waals surface area contributed by atoms with E-state index >= 15 is 0 Å². The molecule has 0 radical (unpaired) electrons. The number of benzene rings is 2. The summed E-state index contributed by atoms with van der Waals surface area (Å²) in [6, 6.07) is 10.3. The van der Waals surface area contributed by atoms with E-state index in [2.05, 4.69) is 5.32 Å². The molecular weight excluding hydrogens is 399 g/mol. The number of fused-ring (bicyclic) bond motifs is 1. The van der Waals surface area contributed by atoms with E-state index in [4.69, 9.17) is 9.47 Å². The number of para-hydroxylation sites is 1. The molecule has 0 saturated heterocycles. The lowest BCUT2D eigenvalue weighted by atomic mass is 9.67. The molecule has 2 atom stereocenters. The molecule has 1 aliphatic rings. The summed E-state index contributed by atoms with van der Waals surface area (Å²) in [6.45, 7) is 1.64. The number of amides is 1. The van der Waals surface area contributed by atoms with Gasteiger partial charge in [0.2, 0.25) is 5.91 Å². The molecule has 2 unspecified atom stereocenters. The highest BCUT2D eigenvalue weighted by Crippen LogP contribution is 2.50. The van der Waals surface area contributed by atoms with Crippen LogP contribution in [0, 0.1) is 5.41 Å². The van der Waals surface area contributed by atoms with Gasteiger partial charge in [-0.1, -0.05) is 31.2 Å². The molecule has 5 nitrogen and oxygen atoms in total. The van der Waals surface area contributed by atoms with Crippen molar-refractivity contribution in [2.45, 2.75) is 31.9 Å². The Hall–Kier alpha value is -3.03. The van der Waals surface area contributed by atoms with Crippen LogP contribution >= 0.6 is 0 Å². The van der Waals surface area contributed by atoms with Gasteiger partial charge >= 0.3 is 12.1 Å². The molecule has 0 aromatic heterocycles. The maximum absolute atomic E-state index is 13.8. The van der Waals surface area contributed by atoms with Gasteiger partial charge < -0.3 is 14.8 Å². The Bertz CT molecular complexity index is 973. The minimum Gasteiger partial charge on any atom is -0.496 e. The van der Waals surface area contributed by atoms with Crippen molar-refractivity contribution in [3.05, 3.63) is 59.2 Å². The molecular formula is C22H22F3NO4. The molecule has 1 heterocycles. The van der Waals surface area contributed by atoms with E-state index in [9.17, 15) is 22.8 Å². The van der Waals surface area contributed by atoms with Crippen LogP contribution in [0.25, 0.3) is 0 Å². The lowest BCUT2D eigenvalue weighted by Gasteiger charge is -2.35. The summed E-state index contributed by atoms with van der Waals surface area (Å²) < 4.78 is 51.6. The molecule has 30 heavy (non-hydrogen) atoms. The zero-order chi connectivity index (χ0) is 22.1. The third-order valence-electron chi connectivity index (χ3n) is 5.76. The molecule has 0 fully saturated rings. The maximum atomic E-state index is 13.8. The predicted molar refractivity (Wildman–Crippen MR) is 104 cm³/mol. The monoisotopic (exact) mass is 421 g/mol. The first-order valence-electron chi connectivity index (χ1n) is 9.42. The van der Waals surface area contributed by atoms with Crippen LogP contribution in [0.5, 0.6) is 5.75 Å². The van der Waals surface area contributed by atoms with Gasteiger partial charge in [-0.05, 0) is 42.2 Å². The lowest BCUT2D eigenvalue weighted by Crippen LogP contribution is -2.47. The van der Waals surface area contributed by atoms with E-state index in [1.807, 2.05) is 0 Å². The van der Waals surface area contributed by atoms with Crippen LogP contribution in [-0.4, -0.2) is 26.1 Å². The van der Waals surface area contributed by atoms with E-state index < -0.39 is 34.9 Å². The van der Waals surface area contributed by atoms with Crippen molar-refractivity contribution in [3.63, 3.8) is 0 Å². The molecule has 0 spiro atoms. The average molecular weight is 421 g/mol. The first-order valence-corrected chi connectivity index (χ1v) is 9.42. The molecule has 160 valence electrons. The van der Waals surface area contributed by atoms with E-state index in [1.54, 1.807) is 31.2 Å². The number of halogens is 3. The number of nitrogens with one attached hydrogen (secondary N) is 1.